The average molecular weight is 317 g/mol. The summed E-state index contributed by atoms with van der Waals surface area (Å²) in [6, 6.07) is 0. The summed E-state index contributed by atoms with van der Waals surface area (Å²) in [5.41, 5.74) is 0. The molecule has 0 spiro atoms. The van der Waals surface area contributed by atoms with Crippen molar-refractivity contribution in [1.82, 2.24) is 10.3 Å². The highest BCUT2D eigenvalue weighted by atomic mass is 35.5. The molecular formula is C9H14Cl2N2O2S2. The van der Waals surface area contributed by atoms with Crippen LogP contribution in [0, 0.1) is 0 Å². The lowest BCUT2D eigenvalue weighted by molar-refractivity contribution is 0.496. The van der Waals surface area contributed by atoms with E-state index < -0.39 is 9.84 Å². The van der Waals surface area contributed by atoms with Gasteiger partial charge in [0.05, 0.1) is 11.0 Å². The topological polar surface area (TPSA) is 59.1 Å². The molecule has 98 valence electrons. The molecule has 0 aliphatic carbocycles. The smallest absolute Gasteiger partial charge is 0.183 e. The number of halogens is 2. The van der Waals surface area contributed by atoms with Gasteiger partial charge in [0.15, 0.2) is 14.3 Å². The zero-order chi connectivity index (χ0) is 11.6. The number of piperidine rings is 1. The number of aromatic nitrogens is 1. The van der Waals surface area contributed by atoms with Gasteiger partial charge in [0.25, 0.3) is 0 Å². The van der Waals surface area contributed by atoms with E-state index >= 15 is 0 Å². The molecule has 2 rings (SSSR count). The number of hydrogen-bond acceptors (Lipinski definition) is 5. The zero-order valence-electron chi connectivity index (χ0n) is 9.06. The summed E-state index contributed by atoms with van der Waals surface area (Å²) in [6.45, 7) is 1.57. The van der Waals surface area contributed by atoms with Crippen LogP contribution in [0.25, 0.3) is 0 Å². The average Bonchev–Trinajstić information content (AvgIpc) is 2.64. The molecule has 4 nitrogen and oxygen atoms in total. The normalized spacial score (nSPS) is 17.7. The van der Waals surface area contributed by atoms with Gasteiger partial charge in [0.1, 0.15) is 0 Å². The number of nitrogens with one attached hydrogen (secondary N) is 1. The van der Waals surface area contributed by atoms with E-state index in [0.29, 0.717) is 17.3 Å². The van der Waals surface area contributed by atoms with Crippen LogP contribution in [0.15, 0.2) is 6.20 Å². The third-order valence-electron chi connectivity index (χ3n) is 2.66. The van der Waals surface area contributed by atoms with Crippen LogP contribution in [-0.2, 0) is 15.6 Å². The van der Waals surface area contributed by atoms with Crippen LogP contribution < -0.4 is 5.32 Å². The molecule has 1 aliphatic rings. The van der Waals surface area contributed by atoms with Gasteiger partial charge in [-0.3, -0.25) is 0 Å². The van der Waals surface area contributed by atoms with Crippen LogP contribution in [0.1, 0.15) is 17.7 Å². The second-order valence-corrected chi connectivity index (χ2v) is 7.81. The van der Waals surface area contributed by atoms with Crippen molar-refractivity contribution in [3.05, 3.63) is 15.5 Å². The van der Waals surface area contributed by atoms with Crippen molar-refractivity contribution in [3.8, 4) is 0 Å². The molecule has 8 heteroatoms. The molecule has 0 radical (unpaired) electrons. The van der Waals surface area contributed by atoms with Crippen LogP contribution in [0.5, 0.6) is 0 Å². The predicted molar refractivity (Wildman–Crippen MR) is 72.9 cm³/mol. The number of rotatable bonds is 3. The molecule has 1 aromatic heterocycles. The minimum absolute atomic E-state index is 0. The lowest BCUT2D eigenvalue weighted by atomic mass is 10.2. The third-order valence-corrected chi connectivity index (χ3v) is 6.16. The fourth-order valence-electron chi connectivity index (χ4n) is 1.82. The van der Waals surface area contributed by atoms with Crippen molar-refractivity contribution < 1.29 is 8.42 Å². The summed E-state index contributed by atoms with van der Waals surface area (Å²) in [6.07, 6.45) is 2.95. The molecule has 1 N–H and O–H groups in total. The van der Waals surface area contributed by atoms with E-state index in [1.54, 1.807) is 6.20 Å². The molecule has 0 aromatic carbocycles. The maximum Gasteiger partial charge on any atom is 0.183 e. The summed E-state index contributed by atoms with van der Waals surface area (Å²) in [7, 11) is -3.05. The van der Waals surface area contributed by atoms with Gasteiger partial charge in [-0.15, -0.1) is 23.7 Å². The third kappa shape index (κ3) is 4.06. The van der Waals surface area contributed by atoms with E-state index in [2.05, 4.69) is 10.3 Å². The molecule has 1 fully saturated rings. The Kier molecular flexibility index (Phi) is 5.66. The largest absolute Gasteiger partial charge is 0.317 e. The van der Waals surface area contributed by atoms with E-state index in [1.165, 1.54) is 11.3 Å². The first kappa shape index (κ1) is 15.2. The monoisotopic (exact) mass is 316 g/mol. The van der Waals surface area contributed by atoms with Gasteiger partial charge in [0, 0.05) is 11.1 Å². The first-order valence-corrected chi connectivity index (χ1v) is 8.01. The standard InChI is InChI=1S/C9H13ClN2O2S2.ClH/c10-9-12-5-7(15-9)6-16(13,14)8-1-3-11-4-2-8;/h5,8,11H,1-4,6H2;1H. The van der Waals surface area contributed by atoms with Crippen molar-refractivity contribution >= 4 is 45.2 Å². The Bertz CT molecular complexity index is 455. The highest BCUT2D eigenvalue weighted by Gasteiger charge is 2.27. The van der Waals surface area contributed by atoms with Gasteiger partial charge in [-0.1, -0.05) is 11.6 Å². The van der Waals surface area contributed by atoms with Crippen LogP contribution in [0.3, 0.4) is 0 Å². The first-order valence-electron chi connectivity index (χ1n) is 5.10. The Labute approximate surface area is 116 Å². The number of thiazole rings is 1. The summed E-state index contributed by atoms with van der Waals surface area (Å²) in [4.78, 5) is 4.58. The number of nitrogens with zero attached hydrogens (tertiary/aromatic N) is 1. The van der Waals surface area contributed by atoms with Gasteiger partial charge >= 0.3 is 0 Å². The van der Waals surface area contributed by atoms with E-state index in [0.717, 1.165) is 18.0 Å². The Balaban J connectivity index is 0.00000144. The summed E-state index contributed by atoms with van der Waals surface area (Å²) in [5, 5.41) is 2.95. The SMILES string of the molecule is Cl.O=S(=O)(Cc1cnc(Cl)s1)C1CCNCC1. The Hall–Kier alpha value is 0.120. The summed E-state index contributed by atoms with van der Waals surface area (Å²) >= 11 is 6.92. The van der Waals surface area contributed by atoms with Gasteiger partial charge in [-0.25, -0.2) is 13.4 Å². The summed E-state index contributed by atoms with van der Waals surface area (Å²) < 4.78 is 24.5. The minimum atomic E-state index is -3.05. The fraction of sp³-hybridized carbons (Fsp3) is 0.667. The van der Waals surface area contributed by atoms with Gasteiger partial charge in [0.2, 0.25) is 0 Å². The second-order valence-electron chi connectivity index (χ2n) is 3.84. The number of sulfone groups is 1. The highest BCUT2D eigenvalue weighted by molar-refractivity contribution is 7.91. The van der Waals surface area contributed by atoms with Crippen molar-refractivity contribution in [2.24, 2.45) is 0 Å². The van der Waals surface area contributed by atoms with Crippen molar-refractivity contribution in [2.45, 2.75) is 23.8 Å². The molecule has 0 bridgehead atoms. The maximum atomic E-state index is 12.1. The molecule has 0 atom stereocenters. The van der Waals surface area contributed by atoms with E-state index in [9.17, 15) is 8.42 Å². The Morgan fingerprint density at radius 2 is 2.12 bits per heavy atom. The molecule has 17 heavy (non-hydrogen) atoms. The van der Waals surface area contributed by atoms with E-state index in [4.69, 9.17) is 11.6 Å². The minimum Gasteiger partial charge on any atom is -0.317 e. The van der Waals surface area contributed by atoms with Crippen LogP contribution in [-0.4, -0.2) is 31.7 Å². The van der Waals surface area contributed by atoms with Crippen molar-refractivity contribution in [2.75, 3.05) is 13.1 Å². The molecule has 0 amide bonds. The summed E-state index contributed by atoms with van der Waals surface area (Å²) in [5.74, 6) is 0.0715. The highest BCUT2D eigenvalue weighted by Crippen LogP contribution is 2.23. The van der Waals surface area contributed by atoms with Gasteiger partial charge in [-0.05, 0) is 25.9 Å². The van der Waals surface area contributed by atoms with Gasteiger partial charge < -0.3 is 5.32 Å². The maximum absolute atomic E-state index is 12.1. The molecule has 2 heterocycles. The van der Waals surface area contributed by atoms with Crippen LogP contribution in [0.2, 0.25) is 4.47 Å². The molecule has 1 aromatic rings. The molecule has 1 aliphatic heterocycles. The van der Waals surface area contributed by atoms with E-state index in [-0.39, 0.29) is 23.4 Å². The fourth-order valence-corrected chi connectivity index (χ4v) is 4.98. The quantitative estimate of drug-likeness (QED) is 0.925. The van der Waals surface area contributed by atoms with Crippen molar-refractivity contribution in [1.29, 1.82) is 0 Å². The molecule has 1 saturated heterocycles. The zero-order valence-corrected chi connectivity index (χ0v) is 12.3. The van der Waals surface area contributed by atoms with Gasteiger partial charge in [-0.2, -0.15) is 0 Å². The number of hydrogen-bond donors (Lipinski definition) is 1. The van der Waals surface area contributed by atoms with Crippen molar-refractivity contribution in [3.63, 3.8) is 0 Å². The van der Waals surface area contributed by atoms with Crippen LogP contribution in [0.4, 0.5) is 0 Å². The Morgan fingerprint density at radius 3 is 2.65 bits per heavy atom. The molecular weight excluding hydrogens is 303 g/mol. The van der Waals surface area contributed by atoms with E-state index in [1.807, 2.05) is 0 Å². The lowest BCUT2D eigenvalue weighted by Gasteiger charge is -2.22. The molecule has 0 unspecified atom stereocenters. The predicted octanol–water partition coefficient (Wildman–Crippen LogP) is 1.89. The second kappa shape index (κ2) is 6.33. The molecule has 0 saturated carbocycles. The first-order chi connectivity index (χ1) is 7.58. The Morgan fingerprint density at radius 1 is 1.47 bits per heavy atom. The lowest BCUT2D eigenvalue weighted by Crippen LogP contribution is -2.36. The van der Waals surface area contributed by atoms with Crippen LogP contribution >= 0.6 is 35.3 Å².